The minimum atomic E-state index is -0.406. The Kier molecular flexibility index (Phi) is 2.67. The van der Waals surface area contributed by atoms with Crippen LogP contribution in [0.25, 0.3) is 11.0 Å². The first-order valence-electron chi connectivity index (χ1n) is 5.70. The first kappa shape index (κ1) is 11.6. The second-order valence-electron chi connectivity index (χ2n) is 4.15. The molecule has 0 spiro atoms. The van der Waals surface area contributed by atoms with Crippen molar-refractivity contribution in [2.75, 3.05) is 12.3 Å². The Bertz CT molecular complexity index is 700. The number of ether oxygens (including phenoxy) is 1. The highest BCUT2D eigenvalue weighted by Gasteiger charge is 2.23. The Balaban J connectivity index is 2.14. The predicted octanol–water partition coefficient (Wildman–Crippen LogP) is 0.331. The summed E-state index contributed by atoms with van der Waals surface area (Å²) in [6, 6.07) is 2.07. The Morgan fingerprint density at radius 3 is 3.00 bits per heavy atom. The van der Waals surface area contributed by atoms with Crippen LogP contribution in [0.2, 0.25) is 0 Å². The molecule has 1 aliphatic heterocycles. The van der Waals surface area contributed by atoms with Crippen molar-refractivity contribution in [1.82, 2.24) is 14.5 Å². The maximum atomic E-state index is 9.14. The summed E-state index contributed by atoms with van der Waals surface area (Å²) in [5.41, 5.74) is 6.72. The SMILES string of the molecule is N#Cc1cn(C2C=CC(CO)O2)c2ncnc(N)c12. The number of fused-ring (bicyclic) bond motifs is 1. The molecule has 7 nitrogen and oxygen atoms in total. The lowest BCUT2D eigenvalue weighted by Gasteiger charge is -2.14. The fourth-order valence-corrected chi connectivity index (χ4v) is 2.14. The van der Waals surface area contributed by atoms with Crippen LogP contribution in [-0.4, -0.2) is 32.4 Å². The van der Waals surface area contributed by atoms with Gasteiger partial charge >= 0.3 is 0 Å². The van der Waals surface area contributed by atoms with Crippen LogP contribution < -0.4 is 5.73 Å². The van der Waals surface area contributed by atoms with Crippen LogP contribution in [0.3, 0.4) is 0 Å². The van der Waals surface area contributed by atoms with E-state index in [4.69, 9.17) is 20.8 Å². The zero-order valence-corrected chi connectivity index (χ0v) is 9.89. The third kappa shape index (κ3) is 1.74. The Morgan fingerprint density at radius 1 is 1.47 bits per heavy atom. The van der Waals surface area contributed by atoms with Crippen molar-refractivity contribution >= 4 is 16.9 Å². The smallest absolute Gasteiger partial charge is 0.155 e. The van der Waals surface area contributed by atoms with Crippen molar-refractivity contribution in [2.24, 2.45) is 0 Å². The number of rotatable bonds is 2. The lowest BCUT2D eigenvalue weighted by Crippen LogP contribution is -2.15. The fourth-order valence-electron chi connectivity index (χ4n) is 2.14. The number of aliphatic hydroxyl groups is 1. The molecular formula is C12H11N5O2. The summed E-state index contributed by atoms with van der Waals surface area (Å²) >= 11 is 0. The molecule has 0 radical (unpaired) electrons. The maximum absolute atomic E-state index is 9.14. The molecule has 2 aromatic heterocycles. The number of hydrogen-bond acceptors (Lipinski definition) is 6. The predicted molar refractivity (Wildman–Crippen MR) is 66.8 cm³/mol. The molecule has 0 aromatic carbocycles. The van der Waals surface area contributed by atoms with Crippen LogP contribution in [0.15, 0.2) is 24.7 Å². The molecule has 1 aliphatic rings. The average Bonchev–Trinajstić information content (AvgIpc) is 3.02. The minimum absolute atomic E-state index is 0.0889. The van der Waals surface area contributed by atoms with Gasteiger partial charge in [-0.05, 0) is 6.08 Å². The molecule has 2 atom stereocenters. The Labute approximate surface area is 108 Å². The van der Waals surface area contributed by atoms with E-state index < -0.39 is 6.23 Å². The minimum Gasteiger partial charge on any atom is -0.393 e. The Hall–Kier alpha value is -2.43. The molecule has 19 heavy (non-hydrogen) atoms. The summed E-state index contributed by atoms with van der Waals surface area (Å²) in [6.45, 7) is -0.0889. The number of nitriles is 1. The molecule has 2 unspecified atom stereocenters. The van der Waals surface area contributed by atoms with Gasteiger partial charge in [0, 0.05) is 6.20 Å². The topological polar surface area (TPSA) is 110 Å². The number of hydrogen-bond donors (Lipinski definition) is 2. The average molecular weight is 257 g/mol. The summed E-state index contributed by atoms with van der Waals surface area (Å²) in [7, 11) is 0. The lowest BCUT2D eigenvalue weighted by molar-refractivity contribution is -0.00615. The van der Waals surface area contributed by atoms with Gasteiger partial charge in [0.1, 0.15) is 30.0 Å². The van der Waals surface area contributed by atoms with E-state index in [2.05, 4.69) is 16.0 Å². The van der Waals surface area contributed by atoms with Gasteiger partial charge < -0.3 is 20.1 Å². The Morgan fingerprint density at radius 2 is 2.32 bits per heavy atom. The molecule has 0 fully saturated rings. The molecule has 3 N–H and O–H groups in total. The highest BCUT2D eigenvalue weighted by molar-refractivity contribution is 5.92. The zero-order chi connectivity index (χ0) is 13.4. The van der Waals surface area contributed by atoms with Crippen LogP contribution in [-0.2, 0) is 4.74 Å². The highest BCUT2D eigenvalue weighted by Crippen LogP contribution is 2.29. The van der Waals surface area contributed by atoms with Crippen LogP contribution in [0.4, 0.5) is 5.82 Å². The summed E-state index contributed by atoms with van der Waals surface area (Å²) in [5, 5.41) is 18.7. The molecule has 96 valence electrons. The van der Waals surface area contributed by atoms with Gasteiger partial charge in [0.25, 0.3) is 0 Å². The zero-order valence-electron chi connectivity index (χ0n) is 9.89. The highest BCUT2D eigenvalue weighted by atomic mass is 16.5. The molecule has 0 amide bonds. The first-order chi connectivity index (χ1) is 9.24. The van der Waals surface area contributed by atoms with Crippen molar-refractivity contribution in [2.45, 2.75) is 12.3 Å². The summed E-state index contributed by atoms with van der Waals surface area (Å²) < 4.78 is 7.30. The quantitative estimate of drug-likeness (QED) is 0.750. The molecule has 0 aliphatic carbocycles. The monoisotopic (exact) mass is 257 g/mol. The van der Waals surface area contributed by atoms with E-state index in [1.165, 1.54) is 6.33 Å². The van der Waals surface area contributed by atoms with Gasteiger partial charge in [-0.1, -0.05) is 6.08 Å². The van der Waals surface area contributed by atoms with E-state index in [1.54, 1.807) is 22.9 Å². The van der Waals surface area contributed by atoms with E-state index in [0.29, 0.717) is 16.6 Å². The molecule has 0 saturated heterocycles. The van der Waals surface area contributed by atoms with Gasteiger partial charge in [-0.25, -0.2) is 9.97 Å². The molecule has 7 heteroatoms. The second kappa shape index (κ2) is 4.35. The third-order valence-electron chi connectivity index (χ3n) is 3.02. The van der Waals surface area contributed by atoms with E-state index in [1.807, 2.05) is 0 Å². The molecule has 0 saturated carbocycles. The number of nitrogens with two attached hydrogens (primary N) is 1. The van der Waals surface area contributed by atoms with Crippen molar-refractivity contribution in [3.63, 3.8) is 0 Å². The molecule has 3 heterocycles. The standard InChI is InChI=1S/C12H11N5O2/c13-3-7-4-17(9-2-1-8(5-18)19-9)12-10(7)11(14)15-6-16-12/h1-2,4,6,8-9,18H,5H2,(H2,14,15,16). The van der Waals surface area contributed by atoms with E-state index in [-0.39, 0.29) is 18.5 Å². The number of nitrogen functional groups attached to an aromatic ring is 1. The van der Waals surface area contributed by atoms with Crippen molar-refractivity contribution in [3.05, 3.63) is 30.2 Å². The summed E-state index contributed by atoms with van der Waals surface area (Å²) in [4.78, 5) is 8.04. The van der Waals surface area contributed by atoms with Crippen molar-refractivity contribution in [3.8, 4) is 6.07 Å². The van der Waals surface area contributed by atoms with Gasteiger partial charge in [-0.15, -0.1) is 0 Å². The van der Waals surface area contributed by atoms with Gasteiger partial charge in [0.15, 0.2) is 6.23 Å². The maximum Gasteiger partial charge on any atom is 0.155 e. The number of anilines is 1. The summed E-state index contributed by atoms with van der Waals surface area (Å²) in [5.74, 6) is 0.265. The first-order valence-corrected chi connectivity index (χ1v) is 5.70. The van der Waals surface area contributed by atoms with Crippen molar-refractivity contribution < 1.29 is 9.84 Å². The molecule has 3 rings (SSSR count). The molecular weight excluding hydrogens is 246 g/mol. The fraction of sp³-hybridized carbons (Fsp3) is 0.250. The normalized spacial score (nSPS) is 21.9. The van der Waals surface area contributed by atoms with Crippen LogP contribution in [0.1, 0.15) is 11.8 Å². The number of aromatic nitrogens is 3. The molecule has 0 bridgehead atoms. The third-order valence-corrected chi connectivity index (χ3v) is 3.02. The van der Waals surface area contributed by atoms with E-state index >= 15 is 0 Å². The summed E-state index contributed by atoms with van der Waals surface area (Å²) in [6.07, 6.45) is 5.80. The largest absolute Gasteiger partial charge is 0.393 e. The lowest BCUT2D eigenvalue weighted by atomic mass is 10.2. The number of aliphatic hydroxyl groups excluding tert-OH is 1. The van der Waals surface area contributed by atoms with Crippen molar-refractivity contribution in [1.29, 1.82) is 5.26 Å². The van der Waals surface area contributed by atoms with Crippen LogP contribution in [0, 0.1) is 11.3 Å². The second-order valence-corrected chi connectivity index (χ2v) is 4.15. The van der Waals surface area contributed by atoms with E-state index in [0.717, 1.165) is 0 Å². The van der Waals surface area contributed by atoms with Gasteiger partial charge in [-0.2, -0.15) is 5.26 Å². The van der Waals surface area contributed by atoms with Gasteiger partial charge in [-0.3, -0.25) is 0 Å². The molecule has 2 aromatic rings. The van der Waals surface area contributed by atoms with E-state index in [9.17, 15) is 0 Å². The number of nitrogens with zero attached hydrogens (tertiary/aromatic N) is 4. The van der Waals surface area contributed by atoms with Crippen LogP contribution >= 0.6 is 0 Å². The van der Waals surface area contributed by atoms with Gasteiger partial charge in [0.05, 0.1) is 17.6 Å². The van der Waals surface area contributed by atoms with Gasteiger partial charge in [0.2, 0.25) is 0 Å². The van der Waals surface area contributed by atoms with Crippen LogP contribution in [0.5, 0.6) is 0 Å².